The molecule has 1 unspecified atom stereocenters. The van der Waals surface area contributed by atoms with Crippen LogP contribution >= 0.6 is 0 Å². The SMILES string of the molecule is C[Si](C)(C)O[Si](C)(C)O[Si](C)(O[Si](C)(C)S(C)(=O)=O)c1ccccc1. The van der Waals surface area contributed by atoms with Crippen molar-refractivity contribution >= 4 is 47.4 Å². The Labute approximate surface area is 157 Å². The predicted octanol–water partition coefficient (Wildman–Crippen LogP) is 3.30. The number of benzene rings is 1. The van der Waals surface area contributed by atoms with Crippen LogP contribution in [0.5, 0.6) is 0 Å². The minimum Gasteiger partial charge on any atom is -0.437 e. The Kier molecular flexibility index (Phi) is 6.89. The highest BCUT2D eigenvalue weighted by Crippen LogP contribution is 2.25. The molecule has 0 aromatic heterocycles. The molecule has 0 N–H and O–H groups in total. The molecule has 0 aliphatic heterocycles. The molecule has 25 heavy (non-hydrogen) atoms. The van der Waals surface area contributed by atoms with Crippen molar-refractivity contribution in [2.24, 2.45) is 0 Å². The van der Waals surface area contributed by atoms with E-state index < -0.39 is 42.2 Å². The van der Waals surface area contributed by atoms with Gasteiger partial charge >= 0.3 is 24.6 Å². The Balaban J connectivity index is 3.31. The van der Waals surface area contributed by atoms with Gasteiger partial charge in [0.15, 0.2) is 8.32 Å². The molecule has 1 aromatic carbocycles. The maximum Gasteiger partial charge on any atom is 0.350 e. The van der Waals surface area contributed by atoms with Gasteiger partial charge < -0.3 is 12.3 Å². The second-order valence-corrected chi connectivity index (χ2v) is 29.8. The van der Waals surface area contributed by atoms with Gasteiger partial charge in [0.25, 0.3) is 0 Å². The van der Waals surface area contributed by atoms with Crippen LogP contribution in [-0.2, 0) is 21.6 Å². The van der Waals surface area contributed by atoms with Gasteiger partial charge in [0, 0.05) is 6.26 Å². The van der Waals surface area contributed by atoms with E-state index in [4.69, 9.17) is 12.3 Å². The van der Waals surface area contributed by atoms with Gasteiger partial charge in [-0.2, -0.15) is 0 Å². The highest BCUT2D eigenvalue weighted by molar-refractivity contribution is 8.20. The van der Waals surface area contributed by atoms with E-state index in [2.05, 4.69) is 19.6 Å². The molecule has 0 aliphatic rings. The smallest absolute Gasteiger partial charge is 0.350 e. The molecule has 0 saturated carbocycles. The molecule has 144 valence electrons. The molecule has 1 atom stereocenters. The van der Waals surface area contributed by atoms with E-state index in [1.807, 2.05) is 50.0 Å². The third kappa shape index (κ3) is 6.86. The highest BCUT2D eigenvalue weighted by atomic mass is 32.4. The van der Waals surface area contributed by atoms with E-state index in [0.29, 0.717) is 0 Å². The average Bonchev–Trinajstić information content (AvgIpc) is 2.33. The molecule has 1 aromatic rings. The van der Waals surface area contributed by atoms with Crippen LogP contribution in [0.1, 0.15) is 0 Å². The van der Waals surface area contributed by atoms with Gasteiger partial charge in [0.2, 0.25) is 0 Å². The summed E-state index contributed by atoms with van der Waals surface area (Å²) < 4.78 is 43.7. The molecule has 0 aliphatic carbocycles. The van der Waals surface area contributed by atoms with Crippen molar-refractivity contribution in [1.82, 2.24) is 0 Å². The summed E-state index contributed by atoms with van der Waals surface area (Å²) in [5.41, 5.74) is 0. The van der Waals surface area contributed by atoms with Crippen molar-refractivity contribution in [2.45, 2.75) is 52.4 Å². The quantitative estimate of drug-likeness (QED) is 0.585. The predicted molar refractivity (Wildman–Crippen MR) is 114 cm³/mol. The van der Waals surface area contributed by atoms with E-state index in [1.165, 1.54) is 6.26 Å². The first-order chi connectivity index (χ1) is 11.0. The summed E-state index contributed by atoms with van der Waals surface area (Å²) in [5.74, 6) is 0. The molecule has 0 amide bonds. The van der Waals surface area contributed by atoms with E-state index >= 15 is 0 Å². The lowest BCUT2D eigenvalue weighted by Gasteiger charge is -2.41. The first kappa shape index (κ1) is 23.0. The summed E-state index contributed by atoms with van der Waals surface area (Å²) in [4.78, 5) is 0. The third-order valence-corrected chi connectivity index (χ3v) is 24.4. The van der Waals surface area contributed by atoms with E-state index in [0.717, 1.165) is 5.19 Å². The van der Waals surface area contributed by atoms with Gasteiger partial charge in [0.05, 0.1) is 0 Å². The van der Waals surface area contributed by atoms with Crippen LogP contribution < -0.4 is 5.19 Å². The zero-order valence-electron chi connectivity index (χ0n) is 16.8. The third-order valence-electron chi connectivity index (χ3n) is 3.62. The Hall–Kier alpha value is -0.0825. The normalized spacial score (nSPS) is 16.5. The topological polar surface area (TPSA) is 61.8 Å². The van der Waals surface area contributed by atoms with Gasteiger partial charge in [-0.15, -0.1) is 0 Å². The lowest BCUT2D eigenvalue weighted by Crippen LogP contribution is -2.64. The molecule has 0 radical (unpaired) electrons. The second kappa shape index (κ2) is 7.50. The van der Waals surface area contributed by atoms with Crippen molar-refractivity contribution in [3.8, 4) is 0 Å². The minimum absolute atomic E-state index is 0.930. The van der Waals surface area contributed by atoms with E-state index in [1.54, 1.807) is 13.1 Å². The van der Waals surface area contributed by atoms with Crippen LogP contribution in [0.2, 0.25) is 52.4 Å². The second-order valence-electron chi connectivity index (χ2n) is 8.30. The van der Waals surface area contributed by atoms with Crippen molar-refractivity contribution in [2.75, 3.05) is 6.26 Å². The fourth-order valence-electron chi connectivity index (χ4n) is 2.65. The van der Waals surface area contributed by atoms with Crippen LogP contribution in [0.25, 0.3) is 0 Å². The first-order valence-electron chi connectivity index (χ1n) is 8.33. The molecule has 0 spiro atoms. The van der Waals surface area contributed by atoms with E-state index in [9.17, 15) is 8.42 Å². The van der Waals surface area contributed by atoms with Crippen LogP contribution in [0, 0.1) is 0 Å². The average molecular weight is 437 g/mol. The van der Waals surface area contributed by atoms with Crippen molar-refractivity contribution < 1.29 is 20.8 Å². The summed E-state index contributed by atoms with van der Waals surface area (Å²) in [7, 11) is -13.5. The Morgan fingerprint density at radius 1 is 0.760 bits per heavy atom. The standard InChI is InChI=1S/C15H32O5SSi4/c1-21(16,17)24(7,8)20-25(9,15-13-11-10-12-14-15)19-23(5,6)18-22(2,3)4/h10-14H,1-9H3. The monoisotopic (exact) mass is 436 g/mol. The molecule has 10 heteroatoms. The molecule has 0 bridgehead atoms. The number of rotatable bonds is 8. The molecule has 5 nitrogen and oxygen atoms in total. The van der Waals surface area contributed by atoms with Gasteiger partial charge in [-0.05, 0) is 57.6 Å². The summed E-state index contributed by atoms with van der Waals surface area (Å²) in [6, 6.07) is 9.70. The fourth-order valence-corrected chi connectivity index (χ4v) is 22.3. The molecular weight excluding hydrogens is 405 g/mol. The highest BCUT2D eigenvalue weighted by Gasteiger charge is 2.50. The van der Waals surface area contributed by atoms with Crippen molar-refractivity contribution in [3.63, 3.8) is 0 Å². The Morgan fingerprint density at radius 2 is 1.24 bits per heavy atom. The van der Waals surface area contributed by atoms with Gasteiger partial charge in [-0.25, -0.2) is 8.42 Å². The number of hydrogen-bond acceptors (Lipinski definition) is 5. The molecular formula is C15H32O5SSi4. The van der Waals surface area contributed by atoms with Crippen LogP contribution in [0.3, 0.4) is 0 Å². The Morgan fingerprint density at radius 3 is 1.64 bits per heavy atom. The molecule has 0 saturated heterocycles. The van der Waals surface area contributed by atoms with Crippen LogP contribution in [0.15, 0.2) is 30.3 Å². The summed E-state index contributed by atoms with van der Waals surface area (Å²) in [6.45, 7) is 15.8. The van der Waals surface area contributed by atoms with Gasteiger partial charge in [-0.3, -0.25) is 0 Å². The van der Waals surface area contributed by atoms with Gasteiger partial charge in [-0.1, -0.05) is 30.3 Å². The zero-order chi connectivity index (χ0) is 19.7. The first-order valence-corrected chi connectivity index (χ1v) is 22.4. The fraction of sp³-hybridized carbons (Fsp3) is 0.600. The Bertz CT molecular complexity index is 686. The maximum absolute atomic E-state index is 12.2. The van der Waals surface area contributed by atoms with Crippen molar-refractivity contribution in [1.29, 1.82) is 0 Å². The lowest BCUT2D eigenvalue weighted by atomic mass is 10.4. The molecule has 1 rings (SSSR count). The van der Waals surface area contributed by atoms with Gasteiger partial charge in [0.1, 0.15) is 9.29 Å². The van der Waals surface area contributed by atoms with Crippen molar-refractivity contribution in [3.05, 3.63) is 30.3 Å². The lowest BCUT2D eigenvalue weighted by molar-refractivity contribution is 0.339. The van der Waals surface area contributed by atoms with Crippen LogP contribution in [0.4, 0.5) is 0 Å². The summed E-state index contributed by atoms with van der Waals surface area (Å²) >= 11 is 0. The van der Waals surface area contributed by atoms with Crippen LogP contribution in [-0.4, -0.2) is 47.6 Å². The largest absolute Gasteiger partial charge is 0.437 e. The zero-order valence-corrected chi connectivity index (χ0v) is 21.7. The summed E-state index contributed by atoms with van der Waals surface area (Å²) in [5, 5.41) is 0.930. The maximum atomic E-state index is 12.2. The summed E-state index contributed by atoms with van der Waals surface area (Å²) in [6.07, 6.45) is 1.25. The van der Waals surface area contributed by atoms with E-state index in [-0.39, 0.29) is 0 Å². The molecule has 0 heterocycles. The molecule has 0 fully saturated rings. The minimum atomic E-state index is -3.28. The number of hydrogen-bond donors (Lipinski definition) is 0.